The zero-order chi connectivity index (χ0) is 12.1. The molecule has 5 nitrogen and oxygen atoms in total. The van der Waals surface area contributed by atoms with E-state index >= 15 is 0 Å². The van der Waals surface area contributed by atoms with Crippen LogP contribution in [-0.4, -0.2) is 46.5 Å². The van der Waals surface area contributed by atoms with Gasteiger partial charge in [-0.15, -0.1) is 0 Å². The maximum absolute atomic E-state index is 12.0. The number of hydrogen-bond donors (Lipinski definition) is 2. The maximum Gasteiger partial charge on any atom is 0.212 e. The van der Waals surface area contributed by atoms with E-state index in [1.54, 1.807) is 0 Å². The van der Waals surface area contributed by atoms with Crippen molar-refractivity contribution in [2.45, 2.75) is 31.7 Å². The van der Waals surface area contributed by atoms with Gasteiger partial charge in [-0.1, -0.05) is 0 Å². The molecule has 0 aromatic heterocycles. The molecule has 2 N–H and O–H groups in total. The highest BCUT2D eigenvalue weighted by atomic mass is 32.2. The predicted octanol–water partition coefficient (Wildman–Crippen LogP) is 0.0844. The van der Waals surface area contributed by atoms with Crippen LogP contribution >= 0.6 is 0 Å². The summed E-state index contributed by atoms with van der Waals surface area (Å²) in [6.07, 6.45) is 3.92. The van der Waals surface area contributed by atoms with Crippen LogP contribution in [-0.2, 0) is 14.8 Å². The van der Waals surface area contributed by atoms with Crippen molar-refractivity contribution >= 4 is 10.0 Å². The Morgan fingerprint density at radius 2 is 2.18 bits per heavy atom. The molecule has 0 aromatic rings. The van der Waals surface area contributed by atoms with Crippen molar-refractivity contribution in [2.24, 2.45) is 5.92 Å². The van der Waals surface area contributed by atoms with Crippen molar-refractivity contribution in [3.05, 3.63) is 0 Å². The Kier molecular flexibility index (Phi) is 4.78. The molecule has 2 saturated heterocycles. The first-order valence-corrected chi connectivity index (χ1v) is 8.09. The zero-order valence-electron chi connectivity index (χ0n) is 10.2. The van der Waals surface area contributed by atoms with Crippen LogP contribution in [0.5, 0.6) is 0 Å². The molecule has 0 spiro atoms. The van der Waals surface area contributed by atoms with Gasteiger partial charge in [-0.05, 0) is 44.7 Å². The van der Waals surface area contributed by atoms with Gasteiger partial charge < -0.3 is 10.1 Å². The highest BCUT2D eigenvalue weighted by molar-refractivity contribution is 7.89. The van der Waals surface area contributed by atoms with E-state index in [0.29, 0.717) is 6.61 Å². The largest absolute Gasteiger partial charge is 0.380 e. The van der Waals surface area contributed by atoms with Crippen molar-refractivity contribution in [1.82, 2.24) is 10.0 Å². The molecule has 2 atom stereocenters. The monoisotopic (exact) mass is 262 g/mol. The molecule has 0 amide bonds. The van der Waals surface area contributed by atoms with Crippen molar-refractivity contribution in [3.8, 4) is 0 Å². The van der Waals surface area contributed by atoms with Crippen LogP contribution in [0.25, 0.3) is 0 Å². The fourth-order valence-corrected chi connectivity index (χ4v) is 4.21. The lowest BCUT2D eigenvalue weighted by atomic mass is 10.0. The molecule has 2 fully saturated rings. The van der Waals surface area contributed by atoms with Gasteiger partial charge in [0.15, 0.2) is 0 Å². The second kappa shape index (κ2) is 6.13. The van der Waals surface area contributed by atoms with Gasteiger partial charge in [0.25, 0.3) is 0 Å². The van der Waals surface area contributed by atoms with Gasteiger partial charge in [-0.25, -0.2) is 13.1 Å². The number of nitrogens with one attached hydrogen (secondary N) is 2. The quantitative estimate of drug-likeness (QED) is 0.753. The number of rotatable bonds is 4. The van der Waals surface area contributed by atoms with E-state index in [1.807, 2.05) is 0 Å². The van der Waals surface area contributed by atoms with E-state index in [9.17, 15) is 8.42 Å². The first-order chi connectivity index (χ1) is 8.16. The second-order valence-electron chi connectivity index (χ2n) is 5.03. The third kappa shape index (κ3) is 4.54. The fourth-order valence-electron chi connectivity index (χ4n) is 2.51. The smallest absolute Gasteiger partial charge is 0.212 e. The molecular formula is C11H22N2O3S. The summed E-state index contributed by atoms with van der Waals surface area (Å²) in [7, 11) is -3.15. The molecule has 2 unspecified atom stereocenters. The number of sulfonamides is 1. The Morgan fingerprint density at radius 3 is 2.82 bits per heavy atom. The average molecular weight is 262 g/mol. The van der Waals surface area contributed by atoms with Crippen molar-refractivity contribution < 1.29 is 13.2 Å². The lowest BCUT2D eigenvalue weighted by molar-refractivity contribution is 0.0773. The summed E-state index contributed by atoms with van der Waals surface area (Å²) in [5, 5.41) is 3.24. The number of hydrogen-bond acceptors (Lipinski definition) is 4. The van der Waals surface area contributed by atoms with Crippen LogP contribution in [0.2, 0.25) is 0 Å². The van der Waals surface area contributed by atoms with Crippen molar-refractivity contribution in [3.63, 3.8) is 0 Å². The lowest BCUT2D eigenvalue weighted by Gasteiger charge is -2.26. The molecular weight excluding hydrogens is 240 g/mol. The molecule has 0 aromatic carbocycles. The van der Waals surface area contributed by atoms with Gasteiger partial charge in [0.05, 0.1) is 12.4 Å². The van der Waals surface area contributed by atoms with Gasteiger partial charge in [-0.2, -0.15) is 0 Å². The fraction of sp³-hybridized carbons (Fsp3) is 1.00. The van der Waals surface area contributed by atoms with Crippen LogP contribution in [0.3, 0.4) is 0 Å². The van der Waals surface area contributed by atoms with Crippen LogP contribution < -0.4 is 10.0 Å². The highest BCUT2D eigenvalue weighted by Crippen LogP contribution is 2.13. The van der Waals surface area contributed by atoms with E-state index in [4.69, 9.17) is 4.74 Å². The second-order valence-corrected chi connectivity index (χ2v) is 6.82. The molecule has 2 rings (SSSR count). The summed E-state index contributed by atoms with van der Waals surface area (Å²) < 4.78 is 32.0. The first-order valence-electron chi connectivity index (χ1n) is 6.44. The minimum absolute atomic E-state index is 0.0229. The van der Waals surface area contributed by atoms with Crippen LogP contribution in [0, 0.1) is 5.92 Å². The molecule has 6 heteroatoms. The lowest BCUT2D eigenvalue weighted by Crippen LogP contribution is -2.44. The Balaban J connectivity index is 1.80. The minimum atomic E-state index is -3.15. The van der Waals surface area contributed by atoms with E-state index in [0.717, 1.165) is 45.4 Å². The summed E-state index contributed by atoms with van der Waals surface area (Å²) in [4.78, 5) is 0. The SMILES string of the molecule is O=S(=O)(CC1CCCNC1)NC1CCCOC1. The number of piperidine rings is 1. The molecule has 17 heavy (non-hydrogen) atoms. The normalized spacial score (nSPS) is 31.3. The van der Waals surface area contributed by atoms with Crippen LogP contribution in [0.15, 0.2) is 0 Å². The highest BCUT2D eigenvalue weighted by Gasteiger charge is 2.24. The Labute approximate surface area is 103 Å². The molecule has 0 radical (unpaired) electrons. The number of ether oxygens (including phenoxy) is 1. The van der Waals surface area contributed by atoms with Crippen LogP contribution in [0.1, 0.15) is 25.7 Å². The third-order valence-corrected chi connectivity index (χ3v) is 4.96. The molecule has 2 heterocycles. The molecule has 2 aliphatic heterocycles. The summed E-state index contributed by atoms with van der Waals surface area (Å²) >= 11 is 0. The van der Waals surface area contributed by atoms with Crippen molar-refractivity contribution in [2.75, 3.05) is 32.1 Å². The molecule has 0 aliphatic carbocycles. The van der Waals surface area contributed by atoms with Gasteiger partial charge in [0.1, 0.15) is 0 Å². The average Bonchev–Trinajstić information content (AvgIpc) is 2.30. The first kappa shape index (κ1) is 13.3. The summed E-state index contributed by atoms with van der Waals surface area (Å²) in [5.41, 5.74) is 0. The van der Waals surface area contributed by atoms with Gasteiger partial charge in [-0.3, -0.25) is 0 Å². The summed E-state index contributed by atoms with van der Waals surface area (Å²) in [5.74, 6) is 0.502. The van der Waals surface area contributed by atoms with Gasteiger partial charge in [0, 0.05) is 12.6 Å². The van der Waals surface area contributed by atoms with Crippen LogP contribution in [0.4, 0.5) is 0 Å². The molecule has 2 aliphatic rings. The molecule has 100 valence electrons. The Bertz CT molecular complexity index is 294. The summed E-state index contributed by atoms with van der Waals surface area (Å²) in [6, 6.07) is -0.0229. The van der Waals surface area contributed by atoms with E-state index < -0.39 is 10.0 Å². The Morgan fingerprint density at radius 1 is 1.29 bits per heavy atom. The topological polar surface area (TPSA) is 67.4 Å². The minimum Gasteiger partial charge on any atom is -0.380 e. The zero-order valence-corrected chi connectivity index (χ0v) is 11.0. The predicted molar refractivity (Wildman–Crippen MR) is 66.4 cm³/mol. The molecule has 0 bridgehead atoms. The third-order valence-electron chi connectivity index (χ3n) is 3.36. The standard InChI is InChI=1S/C11H22N2O3S/c14-17(15,9-10-3-1-5-12-7-10)13-11-4-2-6-16-8-11/h10-13H,1-9H2. The van der Waals surface area contributed by atoms with E-state index in [-0.39, 0.29) is 17.7 Å². The van der Waals surface area contributed by atoms with Gasteiger partial charge >= 0.3 is 0 Å². The molecule has 0 saturated carbocycles. The van der Waals surface area contributed by atoms with E-state index in [2.05, 4.69) is 10.0 Å². The Hall–Kier alpha value is -0.170. The van der Waals surface area contributed by atoms with E-state index in [1.165, 1.54) is 0 Å². The van der Waals surface area contributed by atoms with Crippen molar-refractivity contribution in [1.29, 1.82) is 0 Å². The van der Waals surface area contributed by atoms with Gasteiger partial charge in [0.2, 0.25) is 10.0 Å². The maximum atomic E-state index is 12.0. The summed E-state index contributed by atoms with van der Waals surface area (Å²) in [6.45, 7) is 3.11.